The van der Waals surface area contributed by atoms with Crippen LogP contribution in [0.4, 0.5) is 4.39 Å². The highest BCUT2D eigenvalue weighted by molar-refractivity contribution is 9.10. The van der Waals surface area contributed by atoms with Gasteiger partial charge in [0.15, 0.2) is 0 Å². The first kappa shape index (κ1) is 11.9. The zero-order chi connectivity index (χ0) is 11.7. The van der Waals surface area contributed by atoms with E-state index in [-0.39, 0.29) is 5.82 Å². The number of benzene rings is 2. The molecule has 0 atom stereocenters. The molecule has 0 bridgehead atoms. The van der Waals surface area contributed by atoms with Gasteiger partial charge in [-0.3, -0.25) is 0 Å². The predicted molar refractivity (Wildman–Crippen MR) is 69.6 cm³/mol. The maximum atomic E-state index is 13.7. The Hall–Kier alpha value is -0.570. The molecule has 0 unspecified atom stereocenters. The summed E-state index contributed by atoms with van der Waals surface area (Å²) in [5.74, 6) is -0.365. The van der Waals surface area contributed by atoms with Gasteiger partial charge in [0.05, 0.1) is 5.02 Å². The van der Waals surface area contributed by atoms with Gasteiger partial charge in [-0.05, 0) is 30.3 Å². The standard InChI is InChI=1S/C12H6BrCl2F/c13-9-5-4-7(14)6-8(9)12-10(15)2-1-3-11(12)16/h1-6H. The van der Waals surface area contributed by atoms with E-state index in [9.17, 15) is 4.39 Å². The Morgan fingerprint density at radius 1 is 1.06 bits per heavy atom. The minimum Gasteiger partial charge on any atom is -0.206 e. The fourth-order valence-electron chi connectivity index (χ4n) is 1.44. The van der Waals surface area contributed by atoms with Crippen LogP contribution >= 0.6 is 39.1 Å². The Morgan fingerprint density at radius 2 is 1.81 bits per heavy atom. The van der Waals surface area contributed by atoms with Crippen molar-refractivity contribution in [3.8, 4) is 11.1 Å². The van der Waals surface area contributed by atoms with Crippen LogP contribution in [0, 0.1) is 5.82 Å². The lowest BCUT2D eigenvalue weighted by molar-refractivity contribution is 0.631. The largest absolute Gasteiger partial charge is 0.206 e. The highest BCUT2D eigenvalue weighted by Crippen LogP contribution is 2.36. The molecule has 0 spiro atoms. The number of halogens is 4. The van der Waals surface area contributed by atoms with Gasteiger partial charge in [0.1, 0.15) is 5.82 Å². The Labute approximate surface area is 111 Å². The van der Waals surface area contributed by atoms with E-state index in [1.165, 1.54) is 6.07 Å². The van der Waals surface area contributed by atoms with Crippen molar-refractivity contribution in [3.63, 3.8) is 0 Å². The first-order valence-electron chi connectivity index (χ1n) is 4.49. The Bertz CT molecular complexity index is 520. The average Bonchev–Trinajstić information content (AvgIpc) is 2.23. The van der Waals surface area contributed by atoms with E-state index in [2.05, 4.69) is 15.9 Å². The van der Waals surface area contributed by atoms with Crippen LogP contribution in [0.25, 0.3) is 11.1 Å². The van der Waals surface area contributed by atoms with Crippen LogP contribution < -0.4 is 0 Å². The topological polar surface area (TPSA) is 0 Å². The SMILES string of the molecule is Fc1cccc(Cl)c1-c1cc(Cl)ccc1Br. The molecular weight excluding hydrogens is 314 g/mol. The quantitative estimate of drug-likeness (QED) is 0.645. The summed E-state index contributed by atoms with van der Waals surface area (Å²) >= 11 is 15.2. The van der Waals surface area contributed by atoms with Gasteiger partial charge in [0.2, 0.25) is 0 Å². The molecule has 2 aromatic carbocycles. The zero-order valence-corrected chi connectivity index (χ0v) is 11.1. The fraction of sp³-hybridized carbons (Fsp3) is 0. The van der Waals surface area contributed by atoms with Gasteiger partial charge in [-0.1, -0.05) is 45.2 Å². The minimum absolute atomic E-state index is 0.360. The molecule has 0 nitrogen and oxygen atoms in total. The molecule has 2 aromatic rings. The summed E-state index contributed by atoms with van der Waals surface area (Å²) in [5.41, 5.74) is 1.01. The number of hydrogen-bond acceptors (Lipinski definition) is 0. The van der Waals surface area contributed by atoms with E-state index in [0.717, 1.165) is 4.47 Å². The average molecular weight is 320 g/mol. The third kappa shape index (κ3) is 2.24. The van der Waals surface area contributed by atoms with Crippen LogP contribution in [0.1, 0.15) is 0 Å². The van der Waals surface area contributed by atoms with Crippen LogP contribution in [0.5, 0.6) is 0 Å². The molecule has 16 heavy (non-hydrogen) atoms. The summed E-state index contributed by atoms with van der Waals surface area (Å²) in [6.45, 7) is 0. The van der Waals surface area contributed by atoms with Gasteiger partial charge in [-0.2, -0.15) is 0 Å². The lowest BCUT2D eigenvalue weighted by Gasteiger charge is -2.08. The van der Waals surface area contributed by atoms with Crippen molar-refractivity contribution in [2.45, 2.75) is 0 Å². The fourth-order valence-corrected chi connectivity index (χ4v) is 2.33. The summed E-state index contributed by atoms with van der Waals surface area (Å²) < 4.78 is 14.5. The van der Waals surface area contributed by atoms with Gasteiger partial charge in [-0.15, -0.1) is 0 Å². The van der Waals surface area contributed by atoms with Gasteiger partial charge in [-0.25, -0.2) is 4.39 Å². The van der Waals surface area contributed by atoms with Crippen LogP contribution in [0.15, 0.2) is 40.9 Å². The van der Waals surface area contributed by atoms with Crippen molar-refractivity contribution in [1.29, 1.82) is 0 Å². The Kier molecular flexibility index (Phi) is 3.53. The Morgan fingerprint density at radius 3 is 2.50 bits per heavy atom. The third-order valence-electron chi connectivity index (χ3n) is 2.16. The lowest BCUT2D eigenvalue weighted by atomic mass is 10.1. The molecular formula is C12H6BrCl2F. The van der Waals surface area contributed by atoms with E-state index < -0.39 is 0 Å². The maximum absolute atomic E-state index is 13.7. The summed E-state index contributed by atoms with van der Waals surface area (Å²) in [4.78, 5) is 0. The molecule has 0 N–H and O–H groups in total. The highest BCUT2D eigenvalue weighted by atomic mass is 79.9. The third-order valence-corrected chi connectivity index (χ3v) is 3.40. The van der Waals surface area contributed by atoms with E-state index in [1.54, 1.807) is 30.3 Å². The molecule has 0 aliphatic heterocycles. The molecule has 0 saturated carbocycles. The number of rotatable bonds is 1. The van der Waals surface area contributed by atoms with Gasteiger partial charge in [0, 0.05) is 20.6 Å². The molecule has 4 heteroatoms. The molecule has 0 aliphatic rings. The summed E-state index contributed by atoms with van der Waals surface area (Å²) in [6, 6.07) is 9.75. The summed E-state index contributed by atoms with van der Waals surface area (Å²) in [5, 5.41) is 0.903. The molecule has 82 valence electrons. The molecule has 0 fully saturated rings. The minimum atomic E-state index is -0.365. The highest BCUT2D eigenvalue weighted by Gasteiger charge is 2.12. The molecule has 0 heterocycles. The smallest absolute Gasteiger partial charge is 0.132 e. The molecule has 2 rings (SSSR count). The van der Waals surface area contributed by atoms with E-state index in [4.69, 9.17) is 23.2 Å². The van der Waals surface area contributed by atoms with Crippen LogP contribution in [-0.2, 0) is 0 Å². The summed E-state index contributed by atoms with van der Waals surface area (Å²) in [7, 11) is 0. The maximum Gasteiger partial charge on any atom is 0.132 e. The second kappa shape index (κ2) is 4.74. The molecule has 0 amide bonds. The van der Waals surface area contributed by atoms with E-state index in [0.29, 0.717) is 21.2 Å². The van der Waals surface area contributed by atoms with Crippen molar-refractivity contribution >= 4 is 39.1 Å². The van der Waals surface area contributed by atoms with Crippen molar-refractivity contribution in [2.75, 3.05) is 0 Å². The second-order valence-corrected chi connectivity index (χ2v) is 4.92. The summed E-state index contributed by atoms with van der Waals surface area (Å²) in [6.07, 6.45) is 0. The first-order chi connectivity index (χ1) is 7.59. The van der Waals surface area contributed by atoms with Crippen molar-refractivity contribution in [1.82, 2.24) is 0 Å². The molecule has 0 saturated heterocycles. The molecule has 0 aromatic heterocycles. The van der Waals surface area contributed by atoms with Crippen LogP contribution in [0.2, 0.25) is 10.0 Å². The van der Waals surface area contributed by atoms with Crippen molar-refractivity contribution in [2.24, 2.45) is 0 Å². The zero-order valence-electron chi connectivity index (χ0n) is 7.98. The van der Waals surface area contributed by atoms with Crippen molar-refractivity contribution in [3.05, 3.63) is 56.7 Å². The predicted octanol–water partition coefficient (Wildman–Crippen LogP) is 5.56. The normalized spacial score (nSPS) is 10.5. The van der Waals surface area contributed by atoms with Gasteiger partial charge < -0.3 is 0 Å². The van der Waals surface area contributed by atoms with Gasteiger partial charge in [0.25, 0.3) is 0 Å². The Balaban J connectivity index is 2.72. The van der Waals surface area contributed by atoms with Crippen molar-refractivity contribution < 1.29 is 4.39 Å². The van der Waals surface area contributed by atoms with Gasteiger partial charge >= 0.3 is 0 Å². The first-order valence-corrected chi connectivity index (χ1v) is 6.04. The van der Waals surface area contributed by atoms with Crippen LogP contribution in [0.3, 0.4) is 0 Å². The van der Waals surface area contributed by atoms with E-state index >= 15 is 0 Å². The monoisotopic (exact) mass is 318 g/mol. The lowest BCUT2D eigenvalue weighted by Crippen LogP contribution is -1.87. The van der Waals surface area contributed by atoms with E-state index in [1.807, 2.05) is 0 Å². The molecule has 0 radical (unpaired) electrons. The van der Waals surface area contributed by atoms with Crippen LogP contribution in [-0.4, -0.2) is 0 Å². The number of hydrogen-bond donors (Lipinski definition) is 0. The second-order valence-electron chi connectivity index (χ2n) is 3.22. The molecule has 0 aliphatic carbocycles.